The largest absolute Gasteiger partial charge is 1.00 e. The molecule has 0 bridgehead atoms. The normalized spacial score (nSPS) is 15.2. The molecule has 0 fully saturated rings. The average molecular weight is 150 g/mol. The predicted octanol–water partition coefficient (Wildman–Crippen LogP) is 0.0581. The summed E-state index contributed by atoms with van der Waals surface area (Å²) >= 11 is 0. The Morgan fingerprint density at radius 3 is 2.75 bits per heavy atom. The van der Waals surface area contributed by atoms with Crippen LogP contribution in [0.3, 0.4) is 0 Å². The monoisotopic (exact) mass is 150 g/mol. The van der Waals surface area contributed by atoms with Crippen LogP contribution in [0.1, 0.15) is 24.8 Å². The van der Waals surface area contributed by atoms with Gasteiger partial charge < -0.3 is 0 Å². The summed E-state index contributed by atoms with van der Waals surface area (Å²) in [6, 6.07) is 11.4. The Kier molecular flexibility index (Phi) is 3.66. The molecule has 0 unspecified atom stereocenters. The minimum Gasteiger partial charge on any atom is -0.148 e. The molecule has 1 aromatic carbocycles. The van der Waals surface area contributed by atoms with Gasteiger partial charge in [0.1, 0.15) is 0 Å². The van der Waals surface area contributed by atoms with Gasteiger partial charge >= 0.3 is 18.9 Å². The Bertz CT molecular complexity index is 262. The molecule has 1 aromatic rings. The molecule has 1 heteroatoms. The fraction of sp³-hybridized carbons (Fsp3) is 0.273. The molecule has 0 N–H and O–H groups in total. The van der Waals surface area contributed by atoms with Crippen molar-refractivity contribution in [2.24, 2.45) is 0 Å². The molecule has 0 spiro atoms. The SMILES string of the molecule is [Li+].[c-]1ccccc1C1=CCCC1. The first-order valence-corrected chi connectivity index (χ1v) is 4.13. The maximum absolute atomic E-state index is 3.24. The van der Waals surface area contributed by atoms with Crippen molar-refractivity contribution < 1.29 is 18.9 Å². The zero-order valence-corrected chi connectivity index (χ0v) is 7.51. The van der Waals surface area contributed by atoms with Crippen molar-refractivity contribution in [3.63, 3.8) is 0 Å². The van der Waals surface area contributed by atoms with E-state index in [4.69, 9.17) is 0 Å². The van der Waals surface area contributed by atoms with Gasteiger partial charge in [0.2, 0.25) is 0 Å². The summed E-state index contributed by atoms with van der Waals surface area (Å²) in [7, 11) is 0. The van der Waals surface area contributed by atoms with Crippen LogP contribution in [0.15, 0.2) is 30.3 Å². The predicted molar refractivity (Wildman–Crippen MR) is 47.1 cm³/mol. The Labute approximate surface area is 85.9 Å². The van der Waals surface area contributed by atoms with Gasteiger partial charge in [0.05, 0.1) is 0 Å². The van der Waals surface area contributed by atoms with Crippen LogP contribution >= 0.6 is 0 Å². The second-order valence-corrected chi connectivity index (χ2v) is 2.90. The van der Waals surface area contributed by atoms with Crippen molar-refractivity contribution >= 4 is 5.57 Å². The molecule has 1 aliphatic rings. The van der Waals surface area contributed by atoms with Crippen molar-refractivity contribution in [1.82, 2.24) is 0 Å². The molecule has 12 heavy (non-hydrogen) atoms. The van der Waals surface area contributed by atoms with Crippen molar-refractivity contribution in [3.8, 4) is 0 Å². The molecule has 0 radical (unpaired) electrons. The summed E-state index contributed by atoms with van der Waals surface area (Å²) in [4.78, 5) is 0. The Morgan fingerprint density at radius 2 is 2.17 bits per heavy atom. The molecular formula is C11H11Li. The van der Waals surface area contributed by atoms with Gasteiger partial charge in [-0.15, -0.1) is 47.5 Å². The van der Waals surface area contributed by atoms with Gasteiger partial charge in [0.15, 0.2) is 0 Å². The van der Waals surface area contributed by atoms with Crippen LogP contribution in [0.25, 0.3) is 5.57 Å². The van der Waals surface area contributed by atoms with E-state index in [2.05, 4.69) is 24.3 Å². The van der Waals surface area contributed by atoms with E-state index in [0.717, 1.165) is 0 Å². The number of allylic oxidation sites excluding steroid dienone is 2. The topological polar surface area (TPSA) is 0 Å². The minimum absolute atomic E-state index is 0. The van der Waals surface area contributed by atoms with Crippen LogP contribution in [0.5, 0.6) is 0 Å². The third-order valence-corrected chi connectivity index (χ3v) is 2.10. The van der Waals surface area contributed by atoms with Crippen LogP contribution in [0.4, 0.5) is 0 Å². The molecule has 2 rings (SSSR count). The van der Waals surface area contributed by atoms with E-state index >= 15 is 0 Å². The molecule has 0 heterocycles. The molecule has 0 aliphatic heterocycles. The molecule has 0 saturated carbocycles. The Morgan fingerprint density at radius 1 is 1.25 bits per heavy atom. The maximum Gasteiger partial charge on any atom is 1.00 e. The second kappa shape index (κ2) is 4.55. The first-order valence-electron chi connectivity index (χ1n) is 4.13. The van der Waals surface area contributed by atoms with Gasteiger partial charge in [0, 0.05) is 0 Å². The van der Waals surface area contributed by atoms with Gasteiger partial charge in [-0.2, -0.15) is 0 Å². The van der Waals surface area contributed by atoms with Crippen molar-refractivity contribution in [2.45, 2.75) is 19.3 Å². The molecule has 0 atom stereocenters. The summed E-state index contributed by atoms with van der Waals surface area (Å²) < 4.78 is 0. The number of hydrogen-bond donors (Lipinski definition) is 0. The first kappa shape index (κ1) is 9.64. The maximum atomic E-state index is 3.24. The van der Waals surface area contributed by atoms with Gasteiger partial charge in [-0.05, 0) is 6.42 Å². The molecule has 56 valence electrons. The van der Waals surface area contributed by atoms with E-state index in [1.807, 2.05) is 12.1 Å². The van der Waals surface area contributed by atoms with Gasteiger partial charge in [-0.1, -0.05) is 12.8 Å². The van der Waals surface area contributed by atoms with E-state index in [9.17, 15) is 0 Å². The first-order chi connectivity index (χ1) is 5.47. The van der Waals surface area contributed by atoms with Crippen LogP contribution in [-0.4, -0.2) is 0 Å². The number of rotatable bonds is 1. The van der Waals surface area contributed by atoms with Gasteiger partial charge in [-0.3, -0.25) is 0 Å². The van der Waals surface area contributed by atoms with Crippen molar-refractivity contribution in [1.29, 1.82) is 0 Å². The van der Waals surface area contributed by atoms with Crippen LogP contribution in [0.2, 0.25) is 0 Å². The van der Waals surface area contributed by atoms with Crippen LogP contribution < -0.4 is 18.9 Å². The Hall–Kier alpha value is -0.443. The third-order valence-electron chi connectivity index (χ3n) is 2.10. The van der Waals surface area contributed by atoms with E-state index < -0.39 is 0 Å². The Balaban J connectivity index is 0.000000720. The molecule has 0 saturated heterocycles. The van der Waals surface area contributed by atoms with E-state index in [1.54, 1.807) is 0 Å². The average Bonchev–Trinajstić information content (AvgIpc) is 2.58. The summed E-state index contributed by atoms with van der Waals surface area (Å²) in [6.45, 7) is 0. The molecule has 0 aromatic heterocycles. The zero-order chi connectivity index (χ0) is 7.52. The van der Waals surface area contributed by atoms with Gasteiger partial charge in [-0.25, -0.2) is 0 Å². The van der Waals surface area contributed by atoms with Crippen LogP contribution in [0, 0.1) is 6.07 Å². The quantitative estimate of drug-likeness (QED) is 0.392. The van der Waals surface area contributed by atoms with Crippen molar-refractivity contribution in [2.75, 3.05) is 0 Å². The smallest absolute Gasteiger partial charge is 0.148 e. The van der Waals surface area contributed by atoms with Gasteiger partial charge in [0.25, 0.3) is 0 Å². The van der Waals surface area contributed by atoms with E-state index in [-0.39, 0.29) is 18.9 Å². The summed E-state index contributed by atoms with van der Waals surface area (Å²) in [5.41, 5.74) is 2.76. The molecule has 1 aliphatic carbocycles. The fourth-order valence-electron chi connectivity index (χ4n) is 1.51. The minimum atomic E-state index is 0. The summed E-state index contributed by atoms with van der Waals surface area (Å²) in [5, 5.41) is 0. The van der Waals surface area contributed by atoms with E-state index in [0.29, 0.717) is 0 Å². The molecule has 0 amide bonds. The molecule has 0 nitrogen and oxygen atoms in total. The fourth-order valence-corrected chi connectivity index (χ4v) is 1.51. The molecular weight excluding hydrogens is 139 g/mol. The zero-order valence-electron chi connectivity index (χ0n) is 7.51. The second-order valence-electron chi connectivity index (χ2n) is 2.90. The summed E-state index contributed by atoms with van der Waals surface area (Å²) in [6.07, 6.45) is 6.13. The number of benzene rings is 1. The van der Waals surface area contributed by atoms with Crippen LogP contribution in [-0.2, 0) is 0 Å². The third kappa shape index (κ3) is 2.03. The van der Waals surface area contributed by atoms with Crippen molar-refractivity contribution in [3.05, 3.63) is 42.0 Å². The number of hydrogen-bond acceptors (Lipinski definition) is 0. The van der Waals surface area contributed by atoms with E-state index in [1.165, 1.54) is 30.4 Å². The standard InChI is InChI=1S/C11H11.Li/c1-2-6-10(7-3-1)11-8-4-5-9-11;/h1-3,6,8H,4-5,9H2;/q-1;+1. The summed E-state index contributed by atoms with van der Waals surface area (Å²) in [5.74, 6) is 0.